The lowest BCUT2D eigenvalue weighted by Gasteiger charge is -2.25. The van der Waals surface area contributed by atoms with Crippen molar-refractivity contribution < 1.29 is 28.7 Å². The Morgan fingerprint density at radius 3 is 2.05 bits per heavy atom. The van der Waals surface area contributed by atoms with Crippen LogP contribution in [0.15, 0.2) is 0 Å². The quantitative estimate of drug-likeness (QED) is 0.558. The van der Waals surface area contributed by atoms with Gasteiger partial charge in [0.2, 0.25) is 5.91 Å². The summed E-state index contributed by atoms with van der Waals surface area (Å²) in [4.78, 5) is 32.6. The molecule has 3 atom stereocenters. The number of rotatable bonds is 9. The topological polar surface area (TPSA) is 113 Å². The van der Waals surface area contributed by atoms with E-state index in [2.05, 4.69) is 5.32 Å². The van der Waals surface area contributed by atoms with Gasteiger partial charge in [0.25, 0.3) is 0 Å². The molecule has 1 amide bonds. The molecule has 3 unspecified atom stereocenters. The van der Waals surface area contributed by atoms with E-state index in [-0.39, 0.29) is 24.4 Å². The third-order valence-corrected chi connectivity index (χ3v) is 4.43. The fourth-order valence-corrected chi connectivity index (χ4v) is 3.46. The van der Waals surface area contributed by atoms with Gasteiger partial charge in [0.05, 0.1) is 12.3 Å². The van der Waals surface area contributed by atoms with Crippen molar-refractivity contribution in [1.29, 1.82) is 0 Å². The molecule has 7 nitrogen and oxygen atoms in total. The van der Waals surface area contributed by atoms with Crippen LogP contribution < -0.4 is 5.32 Å². The molecule has 0 spiro atoms. The maximum absolute atomic E-state index is 11.9. The summed E-state index contributed by atoms with van der Waals surface area (Å²) < 4.78 is 16.8. The lowest BCUT2D eigenvalue weighted by Crippen LogP contribution is -2.48. The van der Waals surface area contributed by atoms with Gasteiger partial charge in [-0.15, -0.1) is 0 Å². The highest BCUT2D eigenvalue weighted by Gasteiger charge is 2.33. The predicted molar refractivity (Wildman–Crippen MR) is 79.1 cm³/mol. The monoisotopic (exact) mass is 323 g/mol. The Morgan fingerprint density at radius 1 is 1.14 bits per heavy atom. The fraction of sp³-hybridized carbons (Fsp3) is 0.846. The van der Waals surface area contributed by atoms with Crippen molar-refractivity contribution in [2.75, 3.05) is 6.16 Å². The number of aliphatic carboxylic acids is 1. The van der Waals surface area contributed by atoms with Crippen LogP contribution in [0.4, 0.5) is 0 Å². The Kier molecular flexibility index (Phi) is 8.14. The van der Waals surface area contributed by atoms with Gasteiger partial charge < -0.3 is 19.8 Å². The molecule has 0 aromatic heterocycles. The molecule has 124 valence electrons. The lowest BCUT2D eigenvalue weighted by atomic mass is 10.1. The highest BCUT2D eigenvalue weighted by molar-refractivity contribution is 7.52. The SMILES string of the molecule is CC(C)CC(=O)NC(C(=O)O)C(C)OP(=O)(O)CC(C)C. The fourth-order valence-electron chi connectivity index (χ4n) is 1.81. The number of nitrogens with one attached hydrogen (secondary N) is 1. The van der Waals surface area contributed by atoms with Gasteiger partial charge >= 0.3 is 13.6 Å². The van der Waals surface area contributed by atoms with Crippen LogP contribution in [0.1, 0.15) is 41.0 Å². The molecule has 0 aliphatic rings. The van der Waals surface area contributed by atoms with E-state index < -0.39 is 31.6 Å². The first-order valence-corrected chi connectivity index (χ1v) is 8.73. The molecule has 0 aromatic carbocycles. The van der Waals surface area contributed by atoms with E-state index in [1.165, 1.54) is 6.92 Å². The lowest BCUT2D eigenvalue weighted by molar-refractivity contribution is -0.144. The zero-order valence-corrected chi connectivity index (χ0v) is 14.1. The van der Waals surface area contributed by atoms with Crippen LogP contribution in [0.25, 0.3) is 0 Å². The molecule has 3 N–H and O–H groups in total. The van der Waals surface area contributed by atoms with Crippen LogP contribution in [0.3, 0.4) is 0 Å². The second-order valence-corrected chi connectivity index (χ2v) is 7.86. The molecule has 0 aliphatic carbocycles. The summed E-state index contributed by atoms with van der Waals surface area (Å²) >= 11 is 0. The number of hydrogen-bond acceptors (Lipinski definition) is 4. The van der Waals surface area contributed by atoms with Crippen molar-refractivity contribution in [3.8, 4) is 0 Å². The van der Waals surface area contributed by atoms with Crippen LogP contribution in [0.2, 0.25) is 0 Å². The molecule has 0 aromatic rings. The highest BCUT2D eigenvalue weighted by Crippen LogP contribution is 2.45. The number of amides is 1. The van der Waals surface area contributed by atoms with Gasteiger partial charge in [-0.25, -0.2) is 4.79 Å². The molecule has 8 heteroatoms. The molecular formula is C13H26NO6P. The second kappa shape index (κ2) is 8.51. The number of carbonyl (C=O) groups excluding carboxylic acids is 1. The molecule has 0 bridgehead atoms. The Labute approximate surface area is 125 Å². The van der Waals surface area contributed by atoms with Gasteiger partial charge in [0, 0.05) is 6.42 Å². The average Bonchev–Trinajstić information content (AvgIpc) is 2.21. The normalized spacial score (nSPS) is 17.3. The first kappa shape index (κ1) is 20.1. The molecule has 0 heterocycles. The van der Waals surface area contributed by atoms with E-state index >= 15 is 0 Å². The number of carboxylic acids is 1. The Hall–Kier alpha value is -0.910. The minimum absolute atomic E-state index is 0.0631. The highest BCUT2D eigenvalue weighted by atomic mass is 31.2. The summed E-state index contributed by atoms with van der Waals surface area (Å²) in [6.45, 7) is 8.54. The van der Waals surface area contributed by atoms with E-state index in [0.717, 1.165) is 0 Å². The van der Waals surface area contributed by atoms with E-state index in [4.69, 9.17) is 9.63 Å². The zero-order valence-electron chi connectivity index (χ0n) is 13.2. The number of carboxylic acid groups (broad SMARTS) is 1. The Morgan fingerprint density at radius 2 is 1.67 bits per heavy atom. The molecule has 0 radical (unpaired) electrons. The average molecular weight is 323 g/mol. The smallest absolute Gasteiger partial charge is 0.328 e. The second-order valence-electron chi connectivity index (χ2n) is 6.01. The van der Waals surface area contributed by atoms with Crippen molar-refractivity contribution in [2.45, 2.75) is 53.2 Å². The third-order valence-electron chi connectivity index (χ3n) is 2.57. The molecule has 21 heavy (non-hydrogen) atoms. The first-order valence-electron chi connectivity index (χ1n) is 6.97. The Bertz CT molecular complexity index is 409. The standard InChI is InChI=1S/C13H26NO6P/c1-8(2)6-11(15)14-12(13(16)17)10(5)20-21(18,19)7-9(3)4/h8-10,12H,6-7H2,1-5H3,(H,14,15)(H,16,17)(H,18,19). The van der Waals surface area contributed by atoms with Crippen molar-refractivity contribution in [2.24, 2.45) is 11.8 Å². The van der Waals surface area contributed by atoms with Crippen LogP contribution in [-0.2, 0) is 18.7 Å². The summed E-state index contributed by atoms with van der Waals surface area (Å²) in [5.41, 5.74) is 0. The summed E-state index contributed by atoms with van der Waals surface area (Å²) in [5.74, 6) is -1.71. The third kappa shape index (κ3) is 8.86. The zero-order chi connectivity index (χ0) is 16.8. The predicted octanol–water partition coefficient (Wildman–Crippen LogP) is 1.85. The van der Waals surface area contributed by atoms with E-state index in [0.29, 0.717) is 0 Å². The minimum Gasteiger partial charge on any atom is -0.480 e. The molecule has 0 aliphatic heterocycles. The molecule has 0 saturated heterocycles. The van der Waals surface area contributed by atoms with Crippen molar-refractivity contribution >= 4 is 19.5 Å². The first-order chi connectivity index (χ1) is 9.44. The summed E-state index contributed by atoms with van der Waals surface area (Å²) in [6.07, 6.45) is -0.990. The van der Waals surface area contributed by atoms with Gasteiger partial charge in [-0.2, -0.15) is 0 Å². The molecular weight excluding hydrogens is 297 g/mol. The molecule has 0 saturated carbocycles. The van der Waals surface area contributed by atoms with Crippen molar-refractivity contribution in [1.82, 2.24) is 5.32 Å². The Balaban J connectivity index is 4.77. The maximum Gasteiger partial charge on any atom is 0.328 e. The van der Waals surface area contributed by atoms with Gasteiger partial charge in [-0.3, -0.25) is 9.36 Å². The van der Waals surface area contributed by atoms with Gasteiger partial charge in [-0.05, 0) is 18.8 Å². The summed E-state index contributed by atoms with van der Waals surface area (Å²) in [6, 6.07) is -1.36. The molecule has 0 rings (SSSR count). The van der Waals surface area contributed by atoms with Gasteiger partial charge in [-0.1, -0.05) is 27.7 Å². The van der Waals surface area contributed by atoms with Crippen LogP contribution in [0, 0.1) is 11.8 Å². The van der Waals surface area contributed by atoms with Crippen LogP contribution in [0.5, 0.6) is 0 Å². The summed E-state index contributed by atoms with van der Waals surface area (Å²) in [5, 5.41) is 11.5. The van der Waals surface area contributed by atoms with Crippen molar-refractivity contribution in [3.63, 3.8) is 0 Å². The van der Waals surface area contributed by atoms with E-state index in [9.17, 15) is 19.0 Å². The van der Waals surface area contributed by atoms with Gasteiger partial charge in [0.15, 0.2) is 6.04 Å². The minimum atomic E-state index is -3.88. The van der Waals surface area contributed by atoms with Crippen molar-refractivity contribution in [3.05, 3.63) is 0 Å². The number of hydrogen-bond donors (Lipinski definition) is 3. The molecule has 0 fully saturated rings. The van der Waals surface area contributed by atoms with E-state index in [1.807, 2.05) is 13.8 Å². The van der Waals surface area contributed by atoms with Gasteiger partial charge in [0.1, 0.15) is 0 Å². The van der Waals surface area contributed by atoms with E-state index in [1.54, 1.807) is 13.8 Å². The van der Waals surface area contributed by atoms with Crippen LogP contribution >= 0.6 is 7.60 Å². The summed E-state index contributed by atoms with van der Waals surface area (Å²) in [7, 11) is -3.88. The number of carbonyl (C=O) groups is 2. The van der Waals surface area contributed by atoms with Crippen LogP contribution in [-0.4, -0.2) is 40.2 Å². The largest absolute Gasteiger partial charge is 0.480 e. The maximum atomic E-state index is 11.9.